The first-order valence-corrected chi connectivity index (χ1v) is 6.61. The molecule has 6 nitrogen and oxygen atoms in total. The van der Waals surface area contributed by atoms with Gasteiger partial charge in [0.1, 0.15) is 17.8 Å². The molecule has 0 spiro atoms. The van der Waals surface area contributed by atoms with Crippen LogP contribution in [0.25, 0.3) is 33.2 Å². The molecule has 0 unspecified atom stereocenters. The second kappa shape index (κ2) is 4.20. The lowest BCUT2D eigenvalue weighted by atomic mass is 10.1. The van der Waals surface area contributed by atoms with Crippen molar-refractivity contribution in [3.8, 4) is 17.0 Å². The number of benzene rings is 1. The highest BCUT2D eigenvalue weighted by Crippen LogP contribution is 2.34. The molecule has 0 bridgehead atoms. The third-order valence-corrected chi connectivity index (χ3v) is 3.76. The van der Waals surface area contributed by atoms with Crippen molar-refractivity contribution in [1.29, 1.82) is 0 Å². The van der Waals surface area contributed by atoms with Crippen molar-refractivity contribution in [2.45, 2.75) is 0 Å². The van der Waals surface area contributed by atoms with E-state index in [4.69, 9.17) is 5.73 Å². The van der Waals surface area contributed by atoms with Gasteiger partial charge in [0.05, 0.1) is 5.39 Å². The number of halogens is 1. The standard InChI is InChI=1S/C15H12FN5O/c1-21-5-8(13-14(17)18-6-19-15(13)21)11-2-7-3-12(22)9(16)4-10(7)20-11/h2-6,20,22H,1H3,(H2,17,18,19). The van der Waals surface area contributed by atoms with Gasteiger partial charge in [0.25, 0.3) is 0 Å². The molecule has 0 fully saturated rings. The van der Waals surface area contributed by atoms with Crippen LogP contribution in [-0.4, -0.2) is 24.6 Å². The molecule has 1 aromatic carbocycles. The number of rotatable bonds is 1. The summed E-state index contributed by atoms with van der Waals surface area (Å²) in [5.41, 5.74) is 8.87. The molecule has 7 heteroatoms. The first-order valence-electron chi connectivity index (χ1n) is 6.61. The van der Waals surface area contributed by atoms with Crippen molar-refractivity contribution in [1.82, 2.24) is 19.5 Å². The van der Waals surface area contributed by atoms with Gasteiger partial charge >= 0.3 is 0 Å². The molecule has 0 aliphatic rings. The molecular formula is C15H12FN5O. The van der Waals surface area contributed by atoms with Crippen molar-refractivity contribution in [3.63, 3.8) is 0 Å². The Morgan fingerprint density at radius 1 is 1.27 bits per heavy atom. The largest absolute Gasteiger partial charge is 0.505 e. The lowest BCUT2D eigenvalue weighted by Gasteiger charge is -1.98. The summed E-state index contributed by atoms with van der Waals surface area (Å²) in [6, 6.07) is 4.48. The summed E-state index contributed by atoms with van der Waals surface area (Å²) in [5.74, 6) is -0.659. The number of nitrogens with one attached hydrogen (secondary N) is 1. The van der Waals surface area contributed by atoms with Gasteiger partial charge in [-0.25, -0.2) is 14.4 Å². The van der Waals surface area contributed by atoms with Crippen LogP contribution in [0, 0.1) is 5.82 Å². The Morgan fingerprint density at radius 3 is 2.91 bits per heavy atom. The molecule has 4 N–H and O–H groups in total. The molecule has 0 aliphatic carbocycles. The Kier molecular flexibility index (Phi) is 2.41. The topological polar surface area (TPSA) is 92.8 Å². The maximum absolute atomic E-state index is 13.5. The fourth-order valence-electron chi connectivity index (χ4n) is 2.73. The number of aromatic hydroxyl groups is 1. The number of nitrogens with zero attached hydrogens (tertiary/aromatic N) is 3. The highest BCUT2D eigenvalue weighted by atomic mass is 19.1. The van der Waals surface area contributed by atoms with E-state index in [1.165, 1.54) is 18.5 Å². The molecule has 0 saturated heterocycles. The summed E-state index contributed by atoms with van der Waals surface area (Å²) >= 11 is 0. The third-order valence-electron chi connectivity index (χ3n) is 3.76. The van der Waals surface area contributed by atoms with Crippen molar-refractivity contribution in [2.75, 3.05) is 5.73 Å². The fourth-order valence-corrected chi connectivity index (χ4v) is 2.73. The van der Waals surface area contributed by atoms with E-state index >= 15 is 0 Å². The van der Waals surface area contributed by atoms with E-state index < -0.39 is 5.82 Å². The second-order valence-corrected chi connectivity index (χ2v) is 5.19. The number of nitrogen functional groups attached to an aromatic ring is 1. The number of aromatic nitrogens is 4. The Hall–Kier alpha value is -3.09. The molecule has 22 heavy (non-hydrogen) atoms. The molecule has 3 aromatic heterocycles. The average molecular weight is 297 g/mol. The Bertz CT molecular complexity index is 994. The minimum absolute atomic E-state index is 0.376. The average Bonchev–Trinajstić information content (AvgIpc) is 3.02. The molecule has 4 aromatic rings. The van der Waals surface area contributed by atoms with Gasteiger partial charge in [-0.3, -0.25) is 0 Å². The van der Waals surface area contributed by atoms with E-state index in [0.29, 0.717) is 16.7 Å². The lowest BCUT2D eigenvalue weighted by Crippen LogP contribution is -1.94. The zero-order valence-electron chi connectivity index (χ0n) is 11.6. The summed E-state index contributed by atoms with van der Waals surface area (Å²) in [6.07, 6.45) is 3.30. The van der Waals surface area contributed by atoms with Crippen molar-refractivity contribution < 1.29 is 9.50 Å². The highest BCUT2D eigenvalue weighted by Gasteiger charge is 2.15. The van der Waals surface area contributed by atoms with Gasteiger partial charge in [-0.1, -0.05) is 0 Å². The van der Waals surface area contributed by atoms with E-state index in [1.54, 1.807) is 0 Å². The SMILES string of the molecule is Cn1cc(-c2cc3cc(O)c(F)cc3[nH]2)c2c(N)ncnc21. The van der Waals surface area contributed by atoms with Crippen LogP contribution < -0.4 is 5.73 Å². The summed E-state index contributed by atoms with van der Waals surface area (Å²) in [5, 5.41) is 10.9. The monoisotopic (exact) mass is 297 g/mol. The van der Waals surface area contributed by atoms with E-state index in [-0.39, 0.29) is 5.75 Å². The number of hydrogen-bond acceptors (Lipinski definition) is 4. The lowest BCUT2D eigenvalue weighted by molar-refractivity contribution is 0.433. The van der Waals surface area contributed by atoms with Gasteiger partial charge < -0.3 is 20.4 Å². The number of aromatic amines is 1. The van der Waals surface area contributed by atoms with Crippen molar-refractivity contribution in [3.05, 3.63) is 36.5 Å². The number of hydrogen-bond donors (Lipinski definition) is 3. The third kappa shape index (κ3) is 1.65. The van der Waals surface area contributed by atoms with Crippen LogP contribution in [0.5, 0.6) is 5.75 Å². The van der Waals surface area contributed by atoms with Gasteiger partial charge in [-0.2, -0.15) is 0 Å². The highest BCUT2D eigenvalue weighted by molar-refractivity contribution is 6.02. The minimum Gasteiger partial charge on any atom is -0.505 e. The molecule has 0 saturated carbocycles. The number of fused-ring (bicyclic) bond motifs is 2. The van der Waals surface area contributed by atoms with E-state index in [1.807, 2.05) is 23.9 Å². The fraction of sp³-hybridized carbons (Fsp3) is 0.0667. The Morgan fingerprint density at radius 2 is 2.09 bits per heavy atom. The summed E-state index contributed by atoms with van der Waals surface area (Å²) < 4.78 is 15.3. The Labute approximate surface area is 124 Å². The van der Waals surface area contributed by atoms with Crippen LogP contribution in [0.1, 0.15) is 0 Å². The zero-order chi connectivity index (χ0) is 15.4. The van der Waals surface area contributed by atoms with Gasteiger partial charge in [-0.15, -0.1) is 0 Å². The van der Waals surface area contributed by atoms with Crippen LogP contribution >= 0.6 is 0 Å². The number of H-pyrrole nitrogens is 1. The number of aryl methyl sites for hydroxylation is 1. The zero-order valence-corrected chi connectivity index (χ0v) is 11.6. The first-order chi connectivity index (χ1) is 10.5. The van der Waals surface area contributed by atoms with Crippen LogP contribution in [0.3, 0.4) is 0 Å². The van der Waals surface area contributed by atoms with Crippen molar-refractivity contribution in [2.24, 2.45) is 7.05 Å². The minimum atomic E-state index is -0.665. The van der Waals surface area contributed by atoms with Gasteiger partial charge in [0, 0.05) is 41.5 Å². The van der Waals surface area contributed by atoms with Crippen molar-refractivity contribution >= 4 is 27.8 Å². The first kappa shape index (κ1) is 12.6. The molecule has 0 amide bonds. The number of phenols is 1. The molecule has 4 rings (SSSR count). The summed E-state index contributed by atoms with van der Waals surface area (Å²) in [4.78, 5) is 11.4. The number of nitrogens with two attached hydrogens (primary N) is 1. The van der Waals surface area contributed by atoms with E-state index in [9.17, 15) is 9.50 Å². The quantitative estimate of drug-likeness (QED) is 0.503. The summed E-state index contributed by atoms with van der Waals surface area (Å²) in [7, 11) is 1.87. The van der Waals surface area contributed by atoms with E-state index in [2.05, 4.69) is 15.0 Å². The Balaban J connectivity index is 2.03. The van der Waals surface area contributed by atoms with Gasteiger partial charge in [-0.05, 0) is 12.1 Å². The second-order valence-electron chi connectivity index (χ2n) is 5.19. The molecule has 0 aliphatic heterocycles. The smallest absolute Gasteiger partial charge is 0.166 e. The number of anilines is 1. The van der Waals surface area contributed by atoms with Crippen LogP contribution in [0.15, 0.2) is 30.7 Å². The van der Waals surface area contributed by atoms with Crippen LogP contribution in [0.4, 0.5) is 10.2 Å². The predicted molar refractivity (Wildman–Crippen MR) is 81.8 cm³/mol. The van der Waals surface area contributed by atoms with Gasteiger partial charge in [0.2, 0.25) is 0 Å². The molecule has 3 heterocycles. The van der Waals surface area contributed by atoms with Gasteiger partial charge in [0.15, 0.2) is 11.6 Å². The number of phenolic OH excluding ortho intramolecular Hbond substituents is 1. The molecule has 110 valence electrons. The molecule has 0 atom stereocenters. The molecular weight excluding hydrogens is 285 g/mol. The maximum Gasteiger partial charge on any atom is 0.166 e. The van der Waals surface area contributed by atoms with E-state index in [0.717, 1.165) is 22.3 Å². The summed E-state index contributed by atoms with van der Waals surface area (Å²) in [6.45, 7) is 0. The normalized spacial score (nSPS) is 11.5. The van der Waals surface area contributed by atoms with Crippen LogP contribution in [0.2, 0.25) is 0 Å². The maximum atomic E-state index is 13.5. The van der Waals surface area contributed by atoms with Crippen LogP contribution in [-0.2, 0) is 7.05 Å². The predicted octanol–water partition coefficient (Wildman–Crippen LogP) is 2.54. The molecule has 0 radical (unpaired) electrons.